The zero-order valence-corrected chi connectivity index (χ0v) is 15.1. The van der Waals surface area contributed by atoms with Gasteiger partial charge in [0.25, 0.3) is 0 Å². The normalized spacial score (nSPS) is 17.7. The van der Waals surface area contributed by atoms with E-state index in [1.54, 1.807) is 13.0 Å². The Balaban J connectivity index is 1.37. The van der Waals surface area contributed by atoms with Crippen molar-refractivity contribution >= 4 is 11.7 Å². The van der Waals surface area contributed by atoms with Gasteiger partial charge in [0.05, 0.1) is 12.5 Å². The van der Waals surface area contributed by atoms with E-state index in [0.29, 0.717) is 36.4 Å². The van der Waals surface area contributed by atoms with E-state index < -0.39 is 0 Å². The van der Waals surface area contributed by atoms with Crippen molar-refractivity contribution in [3.8, 4) is 11.4 Å². The number of aryl methyl sites for hydroxylation is 1. The number of aromatic nitrogens is 3. The van der Waals surface area contributed by atoms with Gasteiger partial charge in [-0.25, -0.2) is 0 Å². The molecule has 3 aromatic rings. The van der Waals surface area contributed by atoms with Crippen LogP contribution in [0.5, 0.6) is 0 Å². The molecular formula is C19H21N5O3. The first-order chi connectivity index (χ1) is 13.2. The number of hydrogen-bond acceptors (Lipinski definition) is 7. The van der Waals surface area contributed by atoms with E-state index in [1.165, 1.54) is 0 Å². The molecule has 140 valence electrons. The van der Waals surface area contributed by atoms with Crippen molar-refractivity contribution in [1.29, 1.82) is 0 Å². The first-order valence-electron chi connectivity index (χ1n) is 9.02. The second kappa shape index (κ2) is 7.71. The Morgan fingerprint density at radius 3 is 2.89 bits per heavy atom. The lowest BCUT2D eigenvalue weighted by molar-refractivity contribution is -0.117. The third-order valence-electron chi connectivity index (χ3n) is 4.59. The van der Waals surface area contributed by atoms with Crippen LogP contribution in [-0.2, 0) is 4.79 Å². The largest absolute Gasteiger partial charge is 0.360 e. The highest BCUT2D eigenvalue weighted by Gasteiger charge is 2.27. The number of carbonyl (C=O) groups excluding carboxylic acids is 1. The van der Waals surface area contributed by atoms with Gasteiger partial charge in [0.1, 0.15) is 5.76 Å². The molecule has 2 aromatic heterocycles. The predicted octanol–water partition coefficient (Wildman–Crippen LogP) is 2.85. The van der Waals surface area contributed by atoms with E-state index >= 15 is 0 Å². The summed E-state index contributed by atoms with van der Waals surface area (Å²) in [5.74, 6) is 2.35. The summed E-state index contributed by atoms with van der Waals surface area (Å²) in [5.41, 5.74) is 0.933. The molecule has 1 amide bonds. The van der Waals surface area contributed by atoms with Crippen molar-refractivity contribution in [2.45, 2.75) is 25.7 Å². The molecule has 8 nitrogen and oxygen atoms in total. The lowest BCUT2D eigenvalue weighted by Gasteiger charge is -2.30. The Bertz CT molecular complexity index is 905. The lowest BCUT2D eigenvalue weighted by Crippen LogP contribution is -2.39. The summed E-state index contributed by atoms with van der Waals surface area (Å²) in [5, 5.41) is 10.6. The molecule has 27 heavy (non-hydrogen) atoms. The average Bonchev–Trinajstić information content (AvgIpc) is 3.32. The molecule has 0 bridgehead atoms. The fourth-order valence-corrected chi connectivity index (χ4v) is 3.32. The van der Waals surface area contributed by atoms with Crippen molar-refractivity contribution in [1.82, 2.24) is 20.2 Å². The molecule has 8 heteroatoms. The monoisotopic (exact) mass is 367 g/mol. The van der Waals surface area contributed by atoms with Crippen LogP contribution in [-0.4, -0.2) is 45.7 Å². The van der Waals surface area contributed by atoms with Gasteiger partial charge < -0.3 is 14.4 Å². The second-order valence-electron chi connectivity index (χ2n) is 6.77. The zero-order valence-electron chi connectivity index (χ0n) is 15.1. The Morgan fingerprint density at radius 2 is 2.11 bits per heavy atom. The van der Waals surface area contributed by atoms with Crippen molar-refractivity contribution < 1.29 is 13.8 Å². The van der Waals surface area contributed by atoms with Crippen LogP contribution in [0.4, 0.5) is 5.82 Å². The van der Waals surface area contributed by atoms with Crippen LogP contribution < -0.4 is 5.32 Å². The first kappa shape index (κ1) is 17.4. The number of nitrogens with one attached hydrogen (secondary N) is 1. The molecule has 1 atom stereocenters. The van der Waals surface area contributed by atoms with Crippen LogP contribution in [0.2, 0.25) is 0 Å². The number of anilines is 1. The number of amides is 1. The van der Waals surface area contributed by atoms with E-state index in [4.69, 9.17) is 9.05 Å². The van der Waals surface area contributed by atoms with Crippen LogP contribution in [0.25, 0.3) is 11.4 Å². The summed E-state index contributed by atoms with van der Waals surface area (Å²) >= 11 is 0. The molecular weight excluding hydrogens is 346 g/mol. The van der Waals surface area contributed by atoms with Crippen molar-refractivity contribution in [3.05, 3.63) is 48.0 Å². The van der Waals surface area contributed by atoms with Gasteiger partial charge in [-0.2, -0.15) is 4.98 Å². The van der Waals surface area contributed by atoms with Crippen LogP contribution in [0.3, 0.4) is 0 Å². The van der Waals surface area contributed by atoms with Gasteiger partial charge >= 0.3 is 0 Å². The minimum atomic E-state index is -0.112. The van der Waals surface area contributed by atoms with Gasteiger partial charge in [-0.1, -0.05) is 40.6 Å². The van der Waals surface area contributed by atoms with E-state index in [0.717, 1.165) is 24.9 Å². The van der Waals surface area contributed by atoms with Crippen LogP contribution in [0, 0.1) is 6.92 Å². The van der Waals surface area contributed by atoms with Crippen LogP contribution in [0.15, 0.2) is 45.4 Å². The van der Waals surface area contributed by atoms with Crippen LogP contribution in [0.1, 0.15) is 30.4 Å². The Hall–Kier alpha value is -3.00. The topological polar surface area (TPSA) is 97.3 Å². The summed E-state index contributed by atoms with van der Waals surface area (Å²) in [6, 6.07) is 11.5. The minimum Gasteiger partial charge on any atom is -0.360 e. The standard InChI is InChI=1S/C19H21N5O3/c1-13-10-16(22-26-13)20-17(25)12-24-9-5-8-15(11-24)19-21-18(23-27-19)14-6-3-2-4-7-14/h2-4,6-7,10,15H,5,8-9,11-12H2,1H3,(H,20,22,25)/t15-/m0/s1. The van der Waals surface area contributed by atoms with Gasteiger partial charge in [-0.3, -0.25) is 9.69 Å². The maximum Gasteiger partial charge on any atom is 0.239 e. The summed E-state index contributed by atoms with van der Waals surface area (Å²) in [6.45, 7) is 3.65. The predicted molar refractivity (Wildman–Crippen MR) is 98.0 cm³/mol. The van der Waals surface area contributed by atoms with E-state index in [2.05, 4.69) is 25.5 Å². The first-order valence-corrected chi connectivity index (χ1v) is 9.02. The van der Waals surface area contributed by atoms with E-state index in [-0.39, 0.29) is 11.8 Å². The molecule has 0 unspecified atom stereocenters. The second-order valence-corrected chi connectivity index (χ2v) is 6.77. The number of likely N-dealkylation sites (tertiary alicyclic amines) is 1. The molecule has 0 radical (unpaired) electrons. The molecule has 0 spiro atoms. The lowest BCUT2D eigenvalue weighted by atomic mass is 9.98. The number of piperidine rings is 1. The highest BCUT2D eigenvalue weighted by molar-refractivity contribution is 5.91. The van der Waals surface area contributed by atoms with Crippen molar-refractivity contribution in [3.63, 3.8) is 0 Å². The van der Waals surface area contributed by atoms with Gasteiger partial charge in [-0.05, 0) is 26.3 Å². The van der Waals surface area contributed by atoms with Gasteiger partial charge in [0.2, 0.25) is 17.6 Å². The fraction of sp³-hybridized carbons (Fsp3) is 0.368. The quantitative estimate of drug-likeness (QED) is 0.740. The van der Waals surface area contributed by atoms with E-state index in [9.17, 15) is 4.79 Å². The Kier molecular flexibility index (Phi) is 4.97. The number of rotatable bonds is 5. The average molecular weight is 367 g/mol. The van der Waals surface area contributed by atoms with Gasteiger partial charge in [0, 0.05) is 18.2 Å². The van der Waals surface area contributed by atoms with E-state index in [1.807, 2.05) is 30.3 Å². The Morgan fingerprint density at radius 1 is 1.26 bits per heavy atom. The SMILES string of the molecule is Cc1cc(NC(=O)CN2CCC[C@H](c3nc(-c4ccccc4)no3)C2)no1. The smallest absolute Gasteiger partial charge is 0.239 e. The highest BCUT2D eigenvalue weighted by atomic mass is 16.5. The molecule has 0 saturated carbocycles. The molecule has 1 aliphatic rings. The maximum atomic E-state index is 12.2. The number of carbonyl (C=O) groups is 1. The van der Waals surface area contributed by atoms with Crippen molar-refractivity contribution in [2.75, 3.05) is 25.0 Å². The van der Waals surface area contributed by atoms with Gasteiger partial charge in [0.15, 0.2) is 5.82 Å². The van der Waals surface area contributed by atoms with Crippen molar-refractivity contribution in [2.24, 2.45) is 0 Å². The molecule has 0 aliphatic carbocycles. The maximum absolute atomic E-state index is 12.2. The number of benzene rings is 1. The fourth-order valence-electron chi connectivity index (χ4n) is 3.32. The van der Waals surface area contributed by atoms with Gasteiger partial charge in [-0.15, -0.1) is 0 Å². The molecule has 1 saturated heterocycles. The molecule has 3 heterocycles. The minimum absolute atomic E-state index is 0.112. The summed E-state index contributed by atoms with van der Waals surface area (Å²) in [4.78, 5) is 18.9. The highest BCUT2D eigenvalue weighted by Crippen LogP contribution is 2.27. The Labute approximate surface area is 156 Å². The molecule has 1 aromatic carbocycles. The molecule has 4 rings (SSSR count). The molecule has 1 aliphatic heterocycles. The summed E-state index contributed by atoms with van der Waals surface area (Å²) < 4.78 is 10.5. The third kappa shape index (κ3) is 4.22. The molecule has 1 fully saturated rings. The number of hydrogen-bond donors (Lipinski definition) is 1. The number of nitrogens with zero attached hydrogens (tertiary/aromatic N) is 4. The summed E-state index contributed by atoms with van der Waals surface area (Å²) in [7, 11) is 0. The molecule has 1 N–H and O–H groups in total. The van der Waals surface area contributed by atoms with Crippen LogP contribution >= 0.6 is 0 Å². The third-order valence-corrected chi connectivity index (χ3v) is 4.59. The zero-order chi connectivity index (χ0) is 18.6. The summed E-state index contributed by atoms with van der Waals surface area (Å²) in [6.07, 6.45) is 1.95.